The zero-order valence-corrected chi connectivity index (χ0v) is 13.1. The number of hydrogen-bond acceptors (Lipinski definition) is 4. The Labute approximate surface area is 137 Å². The van der Waals surface area contributed by atoms with Crippen LogP contribution < -0.4 is 10.1 Å². The smallest absolute Gasteiger partial charge is 0.406 e. The third-order valence-corrected chi connectivity index (χ3v) is 3.59. The molecule has 0 radical (unpaired) electrons. The number of halogens is 3. The maximum Gasteiger partial charge on any atom is 0.573 e. The third-order valence-electron chi connectivity index (χ3n) is 3.59. The first kappa shape index (κ1) is 17.6. The molecule has 0 bridgehead atoms. The van der Waals surface area contributed by atoms with Crippen molar-refractivity contribution in [2.45, 2.75) is 25.7 Å². The Morgan fingerprint density at radius 2 is 1.83 bits per heavy atom. The third kappa shape index (κ3) is 3.96. The molecule has 7 heteroatoms. The highest BCUT2D eigenvalue weighted by Gasteiger charge is 2.36. The maximum absolute atomic E-state index is 12.2. The summed E-state index contributed by atoms with van der Waals surface area (Å²) in [6.45, 7) is 3.76. The van der Waals surface area contributed by atoms with Crippen molar-refractivity contribution in [1.82, 2.24) is 4.98 Å². The summed E-state index contributed by atoms with van der Waals surface area (Å²) >= 11 is 0. The van der Waals surface area contributed by atoms with Crippen molar-refractivity contribution in [3.05, 3.63) is 54.4 Å². The molecule has 0 saturated heterocycles. The normalized spacial score (nSPS) is 13.9. The number of rotatable bonds is 5. The van der Waals surface area contributed by atoms with E-state index in [9.17, 15) is 18.4 Å². The molecule has 0 aliphatic heterocycles. The molecule has 1 aromatic heterocycles. The van der Waals surface area contributed by atoms with Gasteiger partial charge in [-0.15, -0.1) is 13.2 Å². The first-order chi connectivity index (χ1) is 11.3. The summed E-state index contributed by atoms with van der Waals surface area (Å²) in [5.74, 6) is -0.431. The molecule has 0 fully saturated rings. The zero-order chi connectivity index (χ0) is 17.8. The van der Waals surface area contributed by atoms with Crippen LogP contribution in [0.4, 0.5) is 18.9 Å². The van der Waals surface area contributed by atoms with Gasteiger partial charge in [0.15, 0.2) is 5.54 Å². The fourth-order valence-electron chi connectivity index (χ4n) is 2.34. The second-order valence-electron chi connectivity index (χ2n) is 5.51. The van der Waals surface area contributed by atoms with Gasteiger partial charge in [0.05, 0.1) is 6.07 Å². The van der Waals surface area contributed by atoms with E-state index in [1.807, 2.05) is 13.8 Å². The molecule has 1 aromatic carbocycles. The number of nitrogens with zero attached hydrogens (tertiary/aromatic N) is 2. The Morgan fingerprint density at radius 3 is 2.29 bits per heavy atom. The van der Waals surface area contributed by atoms with Crippen LogP contribution in [0.1, 0.15) is 19.4 Å². The zero-order valence-electron chi connectivity index (χ0n) is 13.1. The van der Waals surface area contributed by atoms with Crippen LogP contribution >= 0.6 is 0 Å². The minimum atomic E-state index is -4.74. The van der Waals surface area contributed by atoms with Gasteiger partial charge in [-0.2, -0.15) is 5.26 Å². The first-order valence-corrected chi connectivity index (χ1v) is 7.22. The lowest BCUT2D eigenvalue weighted by Crippen LogP contribution is -2.39. The highest BCUT2D eigenvalue weighted by Crippen LogP contribution is 2.33. The quantitative estimate of drug-likeness (QED) is 0.876. The van der Waals surface area contributed by atoms with E-state index >= 15 is 0 Å². The summed E-state index contributed by atoms with van der Waals surface area (Å²) in [5.41, 5.74) is 0.127. The van der Waals surface area contributed by atoms with Crippen LogP contribution in [0.5, 0.6) is 5.75 Å². The van der Waals surface area contributed by atoms with Crippen molar-refractivity contribution in [2.75, 3.05) is 5.32 Å². The Morgan fingerprint density at radius 1 is 1.17 bits per heavy atom. The highest BCUT2D eigenvalue weighted by atomic mass is 19.4. The number of ether oxygens (including phenoxy) is 1. The van der Waals surface area contributed by atoms with Crippen LogP contribution in [0.15, 0.2) is 48.8 Å². The summed E-state index contributed by atoms with van der Waals surface area (Å²) in [4.78, 5) is 4.04. The number of hydrogen-bond donors (Lipinski definition) is 1. The van der Waals surface area contributed by atoms with Gasteiger partial charge in [-0.1, -0.05) is 19.9 Å². The molecule has 2 aromatic rings. The van der Waals surface area contributed by atoms with Crippen LogP contribution in [-0.4, -0.2) is 11.3 Å². The molecule has 126 valence electrons. The van der Waals surface area contributed by atoms with Crippen molar-refractivity contribution in [2.24, 2.45) is 5.92 Å². The molecule has 1 N–H and O–H groups in total. The van der Waals surface area contributed by atoms with Crippen molar-refractivity contribution in [3.63, 3.8) is 0 Å². The summed E-state index contributed by atoms with van der Waals surface area (Å²) < 4.78 is 40.5. The summed E-state index contributed by atoms with van der Waals surface area (Å²) in [6, 6.07) is 11.0. The molecule has 2 rings (SSSR count). The molecule has 0 saturated carbocycles. The first-order valence-electron chi connectivity index (χ1n) is 7.22. The van der Waals surface area contributed by atoms with Gasteiger partial charge in [-0.3, -0.25) is 4.98 Å². The van der Waals surface area contributed by atoms with Gasteiger partial charge in [0.25, 0.3) is 0 Å². The number of alkyl halides is 3. The fraction of sp³-hybridized carbons (Fsp3) is 0.294. The van der Waals surface area contributed by atoms with Gasteiger partial charge >= 0.3 is 6.36 Å². The lowest BCUT2D eigenvalue weighted by atomic mass is 9.81. The van der Waals surface area contributed by atoms with Gasteiger partial charge in [-0.25, -0.2) is 0 Å². The van der Waals surface area contributed by atoms with Crippen molar-refractivity contribution in [1.29, 1.82) is 5.26 Å². The van der Waals surface area contributed by atoms with Crippen molar-refractivity contribution in [3.8, 4) is 11.8 Å². The van der Waals surface area contributed by atoms with Crippen LogP contribution in [0.2, 0.25) is 0 Å². The summed E-state index contributed by atoms with van der Waals surface area (Å²) in [6.07, 6.45) is -1.54. The van der Waals surface area contributed by atoms with E-state index in [0.717, 1.165) is 0 Å². The van der Waals surface area contributed by atoms with E-state index in [1.165, 1.54) is 24.3 Å². The van der Waals surface area contributed by atoms with Gasteiger partial charge in [0.2, 0.25) is 0 Å². The number of anilines is 1. The van der Waals surface area contributed by atoms with Crippen LogP contribution in [0.25, 0.3) is 0 Å². The molecule has 1 unspecified atom stereocenters. The number of pyridine rings is 1. The number of aromatic nitrogens is 1. The van der Waals surface area contributed by atoms with E-state index in [1.54, 1.807) is 24.5 Å². The van der Waals surface area contributed by atoms with E-state index in [2.05, 4.69) is 21.1 Å². The minimum Gasteiger partial charge on any atom is -0.406 e. The number of nitriles is 1. The summed E-state index contributed by atoms with van der Waals surface area (Å²) in [7, 11) is 0. The molecule has 24 heavy (non-hydrogen) atoms. The molecule has 0 amide bonds. The Kier molecular flexibility index (Phi) is 4.98. The second kappa shape index (κ2) is 6.79. The lowest BCUT2D eigenvalue weighted by Gasteiger charge is -2.33. The Bertz CT molecular complexity index is 709. The monoisotopic (exact) mass is 335 g/mol. The van der Waals surface area contributed by atoms with Gasteiger partial charge < -0.3 is 10.1 Å². The highest BCUT2D eigenvalue weighted by molar-refractivity contribution is 5.53. The van der Waals surface area contributed by atoms with Gasteiger partial charge in [0.1, 0.15) is 5.75 Å². The predicted molar refractivity (Wildman–Crippen MR) is 83.1 cm³/mol. The van der Waals surface area contributed by atoms with Crippen LogP contribution in [-0.2, 0) is 5.54 Å². The van der Waals surface area contributed by atoms with E-state index in [4.69, 9.17) is 0 Å². The lowest BCUT2D eigenvalue weighted by molar-refractivity contribution is -0.274. The molecule has 0 aliphatic rings. The SMILES string of the molecule is CC(C)C(C#N)(Nc1ccc(OC(F)(F)F)cc1)c1cccnc1. The van der Waals surface area contributed by atoms with Crippen molar-refractivity contribution < 1.29 is 17.9 Å². The minimum absolute atomic E-state index is 0.113. The molecule has 0 aliphatic carbocycles. The van der Waals surface area contributed by atoms with Crippen LogP contribution in [0.3, 0.4) is 0 Å². The molecule has 0 spiro atoms. The van der Waals surface area contributed by atoms with Gasteiger partial charge in [-0.05, 0) is 36.2 Å². The number of benzene rings is 1. The standard InChI is InChI=1S/C17H16F3N3O/c1-12(2)16(11-21,13-4-3-9-22-10-13)23-14-5-7-15(8-6-14)24-17(18,19)20/h3-10,12,23H,1-2H3. The Balaban J connectivity index is 2.30. The van der Waals surface area contributed by atoms with E-state index in [-0.39, 0.29) is 11.7 Å². The van der Waals surface area contributed by atoms with E-state index in [0.29, 0.717) is 11.3 Å². The molecular formula is C17H16F3N3O. The average molecular weight is 335 g/mol. The second-order valence-corrected chi connectivity index (χ2v) is 5.51. The average Bonchev–Trinajstić information content (AvgIpc) is 2.53. The van der Waals surface area contributed by atoms with Gasteiger partial charge in [0, 0.05) is 23.6 Å². The molecule has 1 heterocycles. The van der Waals surface area contributed by atoms with E-state index < -0.39 is 11.9 Å². The molecular weight excluding hydrogens is 319 g/mol. The maximum atomic E-state index is 12.2. The number of nitrogens with one attached hydrogen (secondary N) is 1. The largest absolute Gasteiger partial charge is 0.573 e. The Hall–Kier alpha value is -2.75. The fourth-order valence-corrected chi connectivity index (χ4v) is 2.34. The van der Waals surface area contributed by atoms with Crippen LogP contribution in [0, 0.1) is 17.2 Å². The molecule has 1 atom stereocenters. The topological polar surface area (TPSA) is 57.9 Å². The molecule has 4 nitrogen and oxygen atoms in total. The predicted octanol–water partition coefficient (Wildman–Crippen LogP) is 4.47. The van der Waals surface area contributed by atoms with Crippen molar-refractivity contribution >= 4 is 5.69 Å². The summed E-state index contributed by atoms with van der Waals surface area (Å²) in [5, 5.41) is 12.9.